The lowest BCUT2D eigenvalue weighted by Crippen LogP contribution is -2.31. The molecule has 0 saturated carbocycles. The number of halogens is 1. The molecule has 24 heavy (non-hydrogen) atoms. The minimum absolute atomic E-state index is 0.120. The fraction of sp³-hybridized carbons (Fsp3) is 0.158. The number of hydrogen-bond acceptors (Lipinski definition) is 3. The van der Waals surface area contributed by atoms with Gasteiger partial charge >= 0.3 is 0 Å². The van der Waals surface area contributed by atoms with Gasteiger partial charge in [-0.3, -0.25) is 9.78 Å². The van der Waals surface area contributed by atoms with Crippen LogP contribution in [0.1, 0.15) is 10.4 Å². The van der Waals surface area contributed by atoms with E-state index in [4.69, 9.17) is 4.74 Å². The van der Waals surface area contributed by atoms with Crippen molar-refractivity contribution < 1.29 is 13.9 Å². The van der Waals surface area contributed by atoms with Gasteiger partial charge in [0, 0.05) is 18.6 Å². The van der Waals surface area contributed by atoms with Gasteiger partial charge in [0.15, 0.2) is 11.6 Å². The number of aromatic nitrogens is 1. The number of benzene rings is 2. The molecule has 0 unspecified atom stereocenters. The van der Waals surface area contributed by atoms with Gasteiger partial charge in [-0.05, 0) is 24.3 Å². The lowest BCUT2D eigenvalue weighted by Gasteiger charge is -2.18. The minimum atomic E-state index is -0.411. The molecular weight excluding hydrogens is 307 g/mol. The Bertz CT molecular complexity index is 861. The van der Waals surface area contributed by atoms with Crippen molar-refractivity contribution in [3.63, 3.8) is 0 Å². The second-order valence-electron chi connectivity index (χ2n) is 5.38. The van der Waals surface area contributed by atoms with Crippen molar-refractivity contribution in [2.75, 3.05) is 20.2 Å². The number of para-hydroxylation sites is 2. The molecule has 1 aromatic heterocycles. The third kappa shape index (κ3) is 3.35. The number of amides is 1. The zero-order chi connectivity index (χ0) is 16.9. The first-order valence-electron chi connectivity index (χ1n) is 7.63. The van der Waals surface area contributed by atoms with Crippen molar-refractivity contribution in [2.24, 2.45) is 0 Å². The van der Waals surface area contributed by atoms with E-state index in [1.54, 1.807) is 42.4 Å². The summed E-state index contributed by atoms with van der Waals surface area (Å²) >= 11 is 0. The van der Waals surface area contributed by atoms with Crippen LogP contribution in [0.4, 0.5) is 4.39 Å². The first-order chi connectivity index (χ1) is 11.7. The van der Waals surface area contributed by atoms with E-state index in [9.17, 15) is 9.18 Å². The molecule has 122 valence electrons. The van der Waals surface area contributed by atoms with Gasteiger partial charge in [0.05, 0.1) is 17.6 Å². The smallest absolute Gasteiger partial charge is 0.254 e. The zero-order valence-corrected chi connectivity index (χ0v) is 13.3. The highest BCUT2D eigenvalue weighted by molar-refractivity contribution is 6.05. The number of fused-ring (bicyclic) bond motifs is 1. The number of rotatable bonds is 5. The summed E-state index contributed by atoms with van der Waals surface area (Å²) < 4.78 is 18.9. The van der Waals surface area contributed by atoms with Crippen LogP contribution < -0.4 is 4.74 Å². The molecule has 1 heterocycles. The van der Waals surface area contributed by atoms with Gasteiger partial charge in [0.25, 0.3) is 5.91 Å². The first kappa shape index (κ1) is 15.9. The summed E-state index contributed by atoms with van der Waals surface area (Å²) in [5.41, 5.74) is 1.37. The Kier molecular flexibility index (Phi) is 4.70. The van der Waals surface area contributed by atoms with Crippen LogP contribution in [0.3, 0.4) is 0 Å². The Hall–Kier alpha value is -2.95. The highest BCUT2D eigenvalue weighted by Crippen LogP contribution is 2.18. The molecule has 0 aliphatic rings. The van der Waals surface area contributed by atoms with Gasteiger partial charge in [0.2, 0.25) is 0 Å². The molecule has 0 aliphatic carbocycles. The molecule has 0 atom stereocenters. The van der Waals surface area contributed by atoms with Crippen LogP contribution in [0.15, 0.2) is 60.8 Å². The van der Waals surface area contributed by atoms with Crippen LogP contribution in [0.25, 0.3) is 10.9 Å². The maximum atomic E-state index is 13.5. The number of ether oxygens (including phenoxy) is 1. The summed E-state index contributed by atoms with van der Waals surface area (Å²) in [5.74, 6) is -0.343. The molecule has 1 amide bonds. The molecule has 0 radical (unpaired) electrons. The van der Waals surface area contributed by atoms with Gasteiger partial charge in [-0.25, -0.2) is 4.39 Å². The van der Waals surface area contributed by atoms with Gasteiger partial charge in [0.1, 0.15) is 6.61 Å². The molecule has 0 saturated heterocycles. The van der Waals surface area contributed by atoms with Gasteiger partial charge in [-0.15, -0.1) is 0 Å². The topological polar surface area (TPSA) is 42.4 Å². The number of hydrogen-bond donors (Lipinski definition) is 0. The molecule has 0 fully saturated rings. The third-order valence-corrected chi connectivity index (χ3v) is 3.75. The van der Waals surface area contributed by atoms with E-state index in [0.29, 0.717) is 12.1 Å². The van der Waals surface area contributed by atoms with Crippen LogP contribution in [0, 0.1) is 5.82 Å². The number of carbonyl (C=O) groups excluding carboxylic acids is 1. The summed E-state index contributed by atoms with van der Waals surface area (Å²) in [7, 11) is 1.70. The average Bonchev–Trinajstić information content (AvgIpc) is 2.62. The van der Waals surface area contributed by atoms with E-state index in [-0.39, 0.29) is 18.3 Å². The monoisotopic (exact) mass is 324 g/mol. The van der Waals surface area contributed by atoms with E-state index in [1.807, 2.05) is 24.3 Å². The van der Waals surface area contributed by atoms with Crippen LogP contribution in [-0.4, -0.2) is 36.0 Å². The summed E-state index contributed by atoms with van der Waals surface area (Å²) in [5, 5.41) is 0.812. The average molecular weight is 324 g/mol. The van der Waals surface area contributed by atoms with Gasteiger partial charge < -0.3 is 9.64 Å². The van der Waals surface area contributed by atoms with Gasteiger partial charge in [-0.2, -0.15) is 0 Å². The van der Waals surface area contributed by atoms with E-state index in [1.165, 1.54) is 6.07 Å². The van der Waals surface area contributed by atoms with Crippen molar-refractivity contribution in [3.05, 3.63) is 72.2 Å². The Morgan fingerprint density at radius 2 is 1.88 bits per heavy atom. The molecule has 0 N–H and O–H groups in total. The summed E-state index contributed by atoms with van der Waals surface area (Å²) in [6.07, 6.45) is 1.62. The lowest BCUT2D eigenvalue weighted by molar-refractivity contribution is 0.0775. The highest BCUT2D eigenvalue weighted by atomic mass is 19.1. The van der Waals surface area contributed by atoms with Crippen molar-refractivity contribution in [1.82, 2.24) is 9.88 Å². The van der Waals surface area contributed by atoms with E-state index in [0.717, 1.165) is 10.9 Å². The van der Waals surface area contributed by atoms with Crippen molar-refractivity contribution in [1.29, 1.82) is 0 Å². The second-order valence-corrected chi connectivity index (χ2v) is 5.38. The molecular formula is C19H17FN2O2. The highest BCUT2D eigenvalue weighted by Gasteiger charge is 2.15. The quantitative estimate of drug-likeness (QED) is 0.721. The second kappa shape index (κ2) is 7.08. The molecule has 3 rings (SSSR count). The third-order valence-electron chi connectivity index (χ3n) is 3.75. The van der Waals surface area contributed by atoms with Crippen LogP contribution >= 0.6 is 0 Å². The molecule has 4 nitrogen and oxygen atoms in total. The SMILES string of the molecule is CN(CCOc1ccccc1F)C(=O)c1ccnc2ccccc12. The largest absolute Gasteiger partial charge is 0.489 e. The van der Waals surface area contributed by atoms with Crippen LogP contribution in [0.2, 0.25) is 0 Å². The fourth-order valence-corrected chi connectivity index (χ4v) is 2.44. The number of pyridine rings is 1. The number of carbonyl (C=O) groups is 1. The molecule has 0 bridgehead atoms. The van der Waals surface area contributed by atoms with Crippen LogP contribution in [-0.2, 0) is 0 Å². The van der Waals surface area contributed by atoms with Crippen LogP contribution in [0.5, 0.6) is 5.75 Å². The maximum absolute atomic E-state index is 13.5. The van der Waals surface area contributed by atoms with E-state index < -0.39 is 5.82 Å². The van der Waals surface area contributed by atoms with Gasteiger partial charge in [-0.1, -0.05) is 30.3 Å². The summed E-state index contributed by atoms with van der Waals surface area (Å²) in [4.78, 5) is 18.5. The number of likely N-dealkylation sites (N-methyl/N-ethyl adjacent to an activating group) is 1. The lowest BCUT2D eigenvalue weighted by atomic mass is 10.1. The summed E-state index contributed by atoms with van der Waals surface area (Å²) in [6.45, 7) is 0.565. The number of nitrogens with zero attached hydrogens (tertiary/aromatic N) is 2. The fourth-order valence-electron chi connectivity index (χ4n) is 2.44. The standard InChI is InChI=1S/C19H17FN2O2/c1-22(12-13-24-18-9-5-3-7-16(18)20)19(23)15-10-11-21-17-8-4-2-6-14(15)17/h2-11H,12-13H2,1H3. The van der Waals surface area contributed by atoms with E-state index >= 15 is 0 Å². The predicted molar refractivity (Wildman–Crippen MR) is 90.6 cm³/mol. The Balaban J connectivity index is 1.67. The Labute approximate surface area is 139 Å². The summed E-state index contributed by atoms with van der Waals surface area (Å²) in [6, 6.07) is 15.4. The molecule has 3 aromatic rings. The van der Waals surface area contributed by atoms with Crippen molar-refractivity contribution >= 4 is 16.8 Å². The zero-order valence-electron chi connectivity index (χ0n) is 13.3. The normalized spacial score (nSPS) is 10.6. The Morgan fingerprint density at radius 3 is 2.71 bits per heavy atom. The molecule has 5 heteroatoms. The van der Waals surface area contributed by atoms with Crippen molar-refractivity contribution in [3.8, 4) is 5.75 Å². The predicted octanol–water partition coefficient (Wildman–Crippen LogP) is 3.52. The molecule has 2 aromatic carbocycles. The molecule has 0 aliphatic heterocycles. The Morgan fingerprint density at radius 1 is 1.12 bits per heavy atom. The minimum Gasteiger partial charge on any atom is -0.489 e. The van der Waals surface area contributed by atoms with E-state index in [2.05, 4.69) is 4.98 Å². The molecule has 0 spiro atoms. The van der Waals surface area contributed by atoms with Crippen molar-refractivity contribution in [2.45, 2.75) is 0 Å². The first-order valence-corrected chi connectivity index (χ1v) is 7.63. The maximum Gasteiger partial charge on any atom is 0.254 e.